The maximum atomic E-state index is 13.2. The van der Waals surface area contributed by atoms with E-state index in [2.05, 4.69) is 14.7 Å². The molecule has 1 aromatic rings. The van der Waals surface area contributed by atoms with E-state index in [-0.39, 0.29) is 30.3 Å². The third kappa shape index (κ3) is 15.8. The van der Waals surface area contributed by atoms with Gasteiger partial charge in [-0.3, -0.25) is 48.9 Å². The molecule has 2 rings (SSSR count). The second-order valence-electron chi connectivity index (χ2n) is 14.1. The molecule has 0 N–H and O–H groups in total. The molecule has 1 aromatic carbocycles. The van der Waals surface area contributed by atoms with Gasteiger partial charge in [0.1, 0.15) is 22.8 Å². The second-order valence-corrected chi connectivity index (χ2v) is 14.1. The molecule has 0 saturated carbocycles. The van der Waals surface area contributed by atoms with Gasteiger partial charge in [0.2, 0.25) is 0 Å². The van der Waals surface area contributed by atoms with Crippen LogP contribution in [0.4, 0.5) is 5.69 Å². The Morgan fingerprint density at radius 2 is 1.15 bits per heavy atom. The number of Topliss-reactive ketones (excluding diaryl/α,β-unsaturated/α-hetero) is 2. The molecule has 258 valence electrons. The Balaban J connectivity index is 2.48. The number of benzene rings is 1. The van der Waals surface area contributed by atoms with Crippen molar-refractivity contribution in [1.29, 1.82) is 0 Å². The number of hydrogen-bond donors (Lipinski definition) is 0. The highest BCUT2D eigenvalue weighted by Crippen LogP contribution is 2.18. The van der Waals surface area contributed by atoms with Crippen molar-refractivity contribution in [2.24, 2.45) is 0 Å². The monoisotopic (exact) mass is 647 g/mol. The number of rotatable bonds is 14. The van der Waals surface area contributed by atoms with Gasteiger partial charge in [-0.25, -0.2) is 0 Å². The molecule has 1 saturated heterocycles. The zero-order valence-corrected chi connectivity index (χ0v) is 28.9. The van der Waals surface area contributed by atoms with Crippen molar-refractivity contribution in [3.8, 4) is 0 Å². The summed E-state index contributed by atoms with van der Waals surface area (Å²) >= 11 is 0. The van der Waals surface area contributed by atoms with Gasteiger partial charge in [-0.05, 0) is 67.4 Å². The minimum absolute atomic E-state index is 0.0317. The molecule has 13 nitrogen and oxygen atoms in total. The van der Waals surface area contributed by atoms with E-state index < -0.39 is 34.1 Å². The fourth-order valence-corrected chi connectivity index (χ4v) is 5.34. The molecule has 1 aliphatic heterocycles. The summed E-state index contributed by atoms with van der Waals surface area (Å²) in [5.74, 6) is -0.870. The highest BCUT2D eigenvalue weighted by atomic mass is 16.6. The number of esters is 2. The van der Waals surface area contributed by atoms with Crippen LogP contribution in [0, 0.1) is 10.1 Å². The van der Waals surface area contributed by atoms with Crippen LogP contribution in [-0.2, 0) is 35.1 Å². The summed E-state index contributed by atoms with van der Waals surface area (Å²) in [7, 11) is 0. The largest absolute Gasteiger partial charge is 0.459 e. The fraction of sp³-hybridized carbons (Fsp3) is 0.697. The summed E-state index contributed by atoms with van der Waals surface area (Å²) in [6.07, 6.45) is 0.383. The summed E-state index contributed by atoms with van der Waals surface area (Å²) in [6, 6.07) is 5.86. The zero-order valence-electron chi connectivity index (χ0n) is 28.9. The molecule has 46 heavy (non-hydrogen) atoms. The summed E-state index contributed by atoms with van der Waals surface area (Å²) in [6.45, 7) is 18.3. The lowest BCUT2D eigenvalue weighted by atomic mass is 10.0. The van der Waals surface area contributed by atoms with Crippen LogP contribution in [-0.4, -0.2) is 137 Å². The standard InChI is InChI=1S/C33H53N5O8/c1-25(39)20-34-13-14-35(21-26(2)40)16-18-36(17-15-34)22-29(19-27-9-11-28(12-10-27)38(43)44)37(23-30(41)45-32(3,4)5)24-31(42)46-33(6,7)8/h9-12,29H,13-24H2,1-8H3. The third-order valence-corrected chi connectivity index (χ3v) is 7.20. The first-order valence-electron chi connectivity index (χ1n) is 15.9. The van der Waals surface area contributed by atoms with E-state index in [0.717, 1.165) is 5.56 Å². The summed E-state index contributed by atoms with van der Waals surface area (Å²) in [5.41, 5.74) is -0.695. The van der Waals surface area contributed by atoms with Gasteiger partial charge < -0.3 is 9.47 Å². The molecule has 1 aliphatic rings. The number of nitro groups is 1. The van der Waals surface area contributed by atoms with E-state index in [1.165, 1.54) is 12.1 Å². The Morgan fingerprint density at radius 1 is 0.761 bits per heavy atom. The van der Waals surface area contributed by atoms with E-state index in [1.54, 1.807) is 72.4 Å². The predicted octanol–water partition coefficient (Wildman–Crippen LogP) is 2.59. The molecular formula is C33H53N5O8. The predicted molar refractivity (Wildman–Crippen MR) is 175 cm³/mol. The van der Waals surface area contributed by atoms with Crippen LogP contribution in [0.1, 0.15) is 61.0 Å². The number of ketones is 2. The number of carbonyl (C=O) groups excluding carboxylic acids is 4. The molecule has 0 aromatic heterocycles. The van der Waals surface area contributed by atoms with Crippen LogP contribution < -0.4 is 0 Å². The lowest BCUT2D eigenvalue weighted by Gasteiger charge is -2.36. The molecule has 1 unspecified atom stereocenters. The van der Waals surface area contributed by atoms with Crippen LogP contribution in [0.15, 0.2) is 24.3 Å². The van der Waals surface area contributed by atoms with E-state index in [4.69, 9.17) is 9.47 Å². The Morgan fingerprint density at radius 3 is 1.50 bits per heavy atom. The second kappa shape index (κ2) is 17.6. The van der Waals surface area contributed by atoms with Crippen LogP contribution in [0.25, 0.3) is 0 Å². The van der Waals surface area contributed by atoms with Crippen molar-refractivity contribution in [2.75, 3.05) is 72.0 Å². The SMILES string of the molecule is CC(=O)CN1CCN(CC(C)=O)CCN(CC(Cc2ccc([N+](=O)[O-])cc2)N(CC(=O)OC(C)(C)C)CC(=O)OC(C)(C)C)CC1. The van der Waals surface area contributed by atoms with Gasteiger partial charge in [-0.15, -0.1) is 0 Å². The highest BCUT2D eigenvalue weighted by molar-refractivity contribution is 5.78. The van der Waals surface area contributed by atoms with Crippen LogP contribution in [0.2, 0.25) is 0 Å². The van der Waals surface area contributed by atoms with Crippen molar-refractivity contribution in [3.05, 3.63) is 39.9 Å². The van der Waals surface area contributed by atoms with Gasteiger partial charge in [-0.2, -0.15) is 0 Å². The first-order valence-corrected chi connectivity index (χ1v) is 15.9. The van der Waals surface area contributed by atoms with Gasteiger partial charge in [-0.1, -0.05) is 12.1 Å². The Hall–Kier alpha value is -3.26. The van der Waals surface area contributed by atoms with Crippen LogP contribution >= 0.6 is 0 Å². The zero-order chi connectivity index (χ0) is 34.7. The van der Waals surface area contributed by atoms with Gasteiger partial charge in [0.25, 0.3) is 5.69 Å². The lowest BCUT2D eigenvalue weighted by molar-refractivity contribution is -0.384. The van der Waals surface area contributed by atoms with Crippen LogP contribution in [0.3, 0.4) is 0 Å². The molecule has 1 heterocycles. The number of nitro benzene ring substituents is 1. The van der Waals surface area contributed by atoms with Gasteiger partial charge in [0.05, 0.1) is 31.1 Å². The average Bonchev–Trinajstić information content (AvgIpc) is 2.97. The quantitative estimate of drug-likeness (QED) is 0.166. The molecule has 13 heteroatoms. The molecule has 0 aliphatic carbocycles. The molecule has 0 amide bonds. The van der Waals surface area contributed by atoms with Gasteiger partial charge in [0.15, 0.2) is 0 Å². The first-order chi connectivity index (χ1) is 21.3. The minimum Gasteiger partial charge on any atom is -0.459 e. The first kappa shape index (κ1) is 38.9. The van der Waals surface area contributed by atoms with Crippen molar-refractivity contribution in [2.45, 2.75) is 79.1 Å². The van der Waals surface area contributed by atoms with Crippen molar-refractivity contribution >= 4 is 29.2 Å². The topological polar surface area (TPSA) is 143 Å². The molecule has 0 spiro atoms. The number of hydrogen-bond acceptors (Lipinski definition) is 12. The van der Waals surface area contributed by atoms with E-state index in [9.17, 15) is 29.3 Å². The molecule has 1 fully saturated rings. The maximum absolute atomic E-state index is 13.2. The Bertz CT molecular complexity index is 1130. The van der Waals surface area contributed by atoms with Crippen molar-refractivity contribution in [3.63, 3.8) is 0 Å². The Labute approximate surface area is 273 Å². The molecule has 1 atom stereocenters. The highest BCUT2D eigenvalue weighted by Gasteiger charge is 2.30. The summed E-state index contributed by atoms with van der Waals surface area (Å²) in [5, 5.41) is 11.3. The van der Waals surface area contributed by atoms with Gasteiger partial charge in [0, 0.05) is 64.0 Å². The summed E-state index contributed by atoms with van der Waals surface area (Å²) in [4.78, 5) is 69.3. The molecular weight excluding hydrogens is 594 g/mol. The van der Waals surface area contributed by atoms with E-state index in [0.29, 0.717) is 65.3 Å². The minimum atomic E-state index is -0.732. The van der Waals surface area contributed by atoms with Gasteiger partial charge >= 0.3 is 11.9 Å². The number of non-ortho nitro benzene ring substituents is 1. The summed E-state index contributed by atoms with van der Waals surface area (Å²) < 4.78 is 11.3. The van der Waals surface area contributed by atoms with E-state index in [1.807, 2.05) is 0 Å². The van der Waals surface area contributed by atoms with Crippen LogP contribution in [0.5, 0.6) is 0 Å². The number of ether oxygens (including phenoxy) is 2. The molecule has 0 radical (unpaired) electrons. The molecule has 0 bridgehead atoms. The van der Waals surface area contributed by atoms with Crippen molar-refractivity contribution < 1.29 is 33.6 Å². The average molecular weight is 648 g/mol. The normalized spacial score (nSPS) is 16.6. The fourth-order valence-electron chi connectivity index (χ4n) is 5.34. The van der Waals surface area contributed by atoms with Crippen molar-refractivity contribution in [1.82, 2.24) is 19.6 Å². The maximum Gasteiger partial charge on any atom is 0.320 e. The third-order valence-electron chi connectivity index (χ3n) is 7.20. The van der Waals surface area contributed by atoms with E-state index >= 15 is 0 Å². The number of nitrogens with zero attached hydrogens (tertiary/aromatic N) is 5. The number of carbonyl (C=O) groups is 4. The smallest absolute Gasteiger partial charge is 0.320 e. The Kier molecular flexibility index (Phi) is 14.9. The lowest BCUT2D eigenvalue weighted by Crippen LogP contribution is -2.52.